The summed E-state index contributed by atoms with van der Waals surface area (Å²) in [7, 11) is -3.31. The lowest BCUT2D eigenvalue weighted by atomic mass is 10.4. The van der Waals surface area contributed by atoms with E-state index < -0.39 is 13.6 Å². The van der Waals surface area contributed by atoms with Gasteiger partial charge in [0, 0.05) is 5.57 Å². The normalized spacial score (nSPS) is 11.3. The summed E-state index contributed by atoms with van der Waals surface area (Å²) in [5.41, 5.74) is -0.171. The Labute approximate surface area is 83.3 Å². The summed E-state index contributed by atoms with van der Waals surface area (Å²) in [5.74, 6) is -1.19. The van der Waals surface area contributed by atoms with Crippen LogP contribution in [0, 0.1) is 0 Å². The van der Waals surface area contributed by atoms with Crippen LogP contribution in [0.25, 0.3) is 0 Å². The van der Waals surface area contributed by atoms with Crippen LogP contribution < -0.4 is 0 Å². The van der Waals surface area contributed by atoms with E-state index in [0.717, 1.165) is 0 Å². The van der Waals surface area contributed by atoms with Crippen LogP contribution >= 0.6 is 7.60 Å². The standard InChI is InChI=1S/C8H15O5P/c1-4-12-14(11,13-5-2)6-7(3)8(9)10/h3-6H2,1-2H3,(H,9,10). The van der Waals surface area contributed by atoms with Crippen molar-refractivity contribution in [2.75, 3.05) is 19.4 Å². The van der Waals surface area contributed by atoms with Crippen molar-refractivity contribution in [3.8, 4) is 0 Å². The van der Waals surface area contributed by atoms with Gasteiger partial charge in [0.1, 0.15) is 0 Å². The topological polar surface area (TPSA) is 72.8 Å². The predicted octanol–water partition coefficient (Wildman–Crippen LogP) is 1.89. The molecule has 0 aromatic carbocycles. The molecular weight excluding hydrogens is 207 g/mol. The Hall–Kier alpha value is -0.640. The first-order chi connectivity index (χ1) is 6.45. The highest BCUT2D eigenvalue weighted by Crippen LogP contribution is 2.49. The zero-order chi connectivity index (χ0) is 11.2. The highest BCUT2D eigenvalue weighted by molar-refractivity contribution is 7.54. The average Bonchev–Trinajstić information content (AvgIpc) is 2.04. The van der Waals surface area contributed by atoms with Crippen LogP contribution in [0.4, 0.5) is 0 Å². The molecule has 6 heteroatoms. The molecule has 0 aromatic rings. The monoisotopic (exact) mass is 222 g/mol. The fraction of sp³-hybridized carbons (Fsp3) is 0.625. The second-order valence-corrected chi connectivity index (χ2v) is 4.57. The smallest absolute Gasteiger partial charge is 0.335 e. The number of carbonyl (C=O) groups is 1. The van der Waals surface area contributed by atoms with Gasteiger partial charge in [0.25, 0.3) is 0 Å². The molecule has 0 atom stereocenters. The zero-order valence-electron chi connectivity index (χ0n) is 8.36. The summed E-state index contributed by atoms with van der Waals surface area (Å²) < 4.78 is 21.6. The van der Waals surface area contributed by atoms with E-state index >= 15 is 0 Å². The fourth-order valence-corrected chi connectivity index (χ4v) is 2.47. The summed E-state index contributed by atoms with van der Waals surface area (Å²) in [6.45, 7) is 7.02. The van der Waals surface area contributed by atoms with Gasteiger partial charge in [0.05, 0.1) is 19.4 Å². The van der Waals surface area contributed by atoms with E-state index in [-0.39, 0.29) is 24.9 Å². The number of rotatable bonds is 7. The maximum atomic E-state index is 11.8. The van der Waals surface area contributed by atoms with E-state index in [1.807, 2.05) is 0 Å². The molecule has 0 rings (SSSR count). The van der Waals surface area contributed by atoms with E-state index in [1.54, 1.807) is 13.8 Å². The van der Waals surface area contributed by atoms with Crippen molar-refractivity contribution >= 4 is 13.6 Å². The highest BCUT2D eigenvalue weighted by atomic mass is 31.2. The molecule has 0 fully saturated rings. The largest absolute Gasteiger partial charge is 0.478 e. The van der Waals surface area contributed by atoms with Gasteiger partial charge in [-0.2, -0.15) is 0 Å². The van der Waals surface area contributed by atoms with Crippen LogP contribution in [0.1, 0.15) is 13.8 Å². The predicted molar refractivity (Wildman–Crippen MR) is 52.5 cm³/mol. The van der Waals surface area contributed by atoms with Crippen molar-refractivity contribution in [2.24, 2.45) is 0 Å². The molecule has 5 nitrogen and oxygen atoms in total. The van der Waals surface area contributed by atoms with Crippen molar-refractivity contribution in [1.29, 1.82) is 0 Å². The molecule has 14 heavy (non-hydrogen) atoms. The number of hydrogen-bond donors (Lipinski definition) is 1. The van der Waals surface area contributed by atoms with Gasteiger partial charge in [-0.3, -0.25) is 4.57 Å². The molecule has 0 heterocycles. The minimum absolute atomic E-state index is 0.171. The summed E-state index contributed by atoms with van der Waals surface area (Å²) in [4.78, 5) is 10.5. The molecule has 0 unspecified atom stereocenters. The fourth-order valence-electron chi connectivity index (χ4n) is 0.823. The lowest BCUT2D eigenvalue weighted by molar-refractivity contribution is -0.132. The van der Waals surface area contributed by atoms with E-state index in [9.17, 15) is 9.36 Å². The summed E-state index contributed by atoms with van der Waals surface area (Å²) in [6, 6.07) is 0. The highest BCUT2D eigenvalue weighted by Gasteiger charge is 2.26. The van der Waals surface area contributed by atoms with Gasteiger partial charge in [0.2, 0.25) is 0 Å². The van der Waals surface area contributed by atoms with E-state index in [2.05, 4.69) is 6.58 Å². The van der Waals surface area contributed by atoms with Gasteiger partial charge in [-0.15, -0.1) is 0 Å². The average molecular weight is 222 g/mol. The molecule has 0 bridgehead atoms. The third-order valence-electron chi connectivity index (χ3n) is 1.34. The molecule has 0 saturated heterocycles. The van der Waals surface area contributed by atoms with Crippen molar-refractivity contribution in [1.82, 2.24) is 0 Å². The quantitative estimate of drug-likeness (QED) is 0.526. The van der Waals surface area contributed by atoms with Gasteiger partial charge in [-0.1, -0.05) is 6.58 Å². The van der Waals surface area contributed by atoms with Crippen LogP contribution in [0.2, 0.25) is 0 Å². The van der Waals surface area contributed by atoms with Crippen molar-refractivity contribution in [3.63, 3.8) is 0 Å². The Balaban J connectivity index is 4.44. The molecule has 0 radical (unpaired) electrons. The van der Waals surface area contributed by atoms with Crippen LogP contribution in [0.5, 0.6) is 0 Å². The van der Waals surface area contributed by atoms with Crippen LogP contribution in [0.15, 0.2) is 12.2 Å². The van der Waals surface area contributed by atoms with Gasteiger partial charge < -0.3 is 14.2 Å². The zero-order valence-corrected chi connectivity index (χ0v) is 9.25. The summed E-state index contributed by atoms with van der Waals surface area (Å²) >= 11 is 0. The van der Waals surface area contributed by atoms with Crippen LogP contribution in [-0.2, 0) is 18.4 Å². The van der Waals surface area contributed by atoms with Gasteiger partial charge in [0.15, 0.2) is 0 Å². The summed E-state index contributed by atoms with van der Waals surface area (Å²) in [6.07, 6.45) is -0.274. The molecule has 0 saturated carbocycles. The van der Waals surface area contributed by atoms with E-state index in [4.69, 9.17) is 14.2 Å². The lowest BCUT2D eigenvalue weighted by Crippen LogP contribution is -2.08. The molecule has 82 valence electrons. The van der Waals surface area contributed by atoms with E-state index in [0.29, 0.717) is 0 Å². The van der Waals surface area contributed by atoms with Crippen molar-refractivity contribution in [3.05, 3.63) is 12.2 Å². The molecule has 0 aliphatic rings. The Morgan fingerprint density at radius 2 is 1.79 bits per heavy atom. The number of aliphatic carboxylic acids is 1. The first kappa shape index (κ1) is 13.4. The van der Waals surface area contributed by atoms with Crippen molar-refractivity contribution < 1.29 is 23.5 Å². The molecule has 0 aromatic heterocycles. The molecule has 0 aliphatic heterocycles. The molecular formula is C8H15O5P. The first-order valence-electron chi connectivity index (χ1n) is 4.24. The maximum absolute atomic E-state index is 11.8. The van der Waals surface area contributed by atoms with Gasteiger partial charge in [-0.05, 0) is 13.8 Å². The van der Waals surface area contributed by atoms with Gasteiger partial charge >= 0.3 is 13.6 Å². The minimum Gasteiger partial charge on any atom is -0.478 e. The Bertz CT molecular complexity index is 250. The number of carboxylic acid groups (broad SMARTS) is 1. The second-order valence-electron chi connectivity index (χ2n) is 2.51. The third-order valence-corrected chi connectivity index (χ3v) is 3.41. The van der Waals surface area contributed by atoms with Gasteiger partial charge in [-0.25, -0.2) is 4.79 Å². The number of carboxylic acids is 1. The SMILES string of the molecule is C=C(CP(=O)(OCC)OCC)C(=O)O. The Morgan fingerprint density at radius 1 is 1.36 bits per heavy atom. The molecule has 0 aliphatic carbocycles. The molecule has 0 amide bonds. The molecule has 1 N–H and O–H groups in total. The minimum atomic E-state index is -3.31. The second kappa shape index (κ2) is 5.96. The molecule has 0 spiro atoms. The van der Waals surface area contributed by atoms with Crippen molar-refractivity contribution in [2.45, 2.75) is 13.8 Å². The summed E-state index contributed by atoms with van der Waals surface area (Å²) in [5, 5.41) is 8.55. The first-order valence-corrected chi connectivity index (χ1v) is 5.97. The maximum Gasteiger partial charge on any atom is 0.335 e. The Kier molecular flexibility index (Phi) is 5.69. The third kappa shape index (κ3) is 4.56. The lowest BCUT2D eigenvalue weighted by Gasteiger charge is -2.16. The van der Waals surface area contributed by atoms with Crippen LogP contribution in [0.3, 0.4) is 0 Å². The number of hydrogen-bond acceptors (Lipinski definition) is 4. The van der Waals surface area contributed by atoms with Crippen LogP contribution in [-0.4, -0.2) is 30.5 Å². The van der Waals surface area contributed by atoms with E-state index in [1.165, 1.54) is 0 Å². The Morgan fingerprint density at radius 3 is 2.07 bits per heavy atom.